The monoisotopic (exact) mass is 1290 g/mol. The number of alkyl carbamates (subject to hydrolysis) is 1. The highest BCUT2D eigenvalue weighted by Gasteiger charge is 2.33. The van der Waals surface area contributed by atoms with Crippen LogP contribution in [0.2, 0.25) is 0 Å². The summed E-state index contributed by atoms with van der Waals surface area (Å²) in [6, 6.07) is 28.0. The number of para-hydroxylation sites is 2. The molecule has 0 spiro atoms. The van der Waals surface area contributed by atoms with Crippen molar-refractivity contribution in [1.82, 2.24) is 5.32 Å². The van der Waals surface area contributed by atoms with Crippen LogP contribution in [0.3, 0.4) is 0 Å². The minimum atomic E-state index is -6.15. The fourth-order valence-corrected chi connectivity index (χ4v) is 14.4. The maximum absolute atomic E-state index is 16.0. The van der Waals surface area contributed by atoms with E-state index >= 15 is 17.6 Å². The van der Waals surface area contributed by atoms with Crippen LogP contribution in [0.25, 0.3) is 37.5 Å². The van der Waals surface area contributed by atoms with E-state index in [1.807, 2.05) is 32.9 Å². The minimum absolute atomic E-state index is 0.0103. The van der Waals surface area contributed by atoms with Crippen molar-refractivity contribution in [1.29, 1.82) is 0 Å². The van der Waals surface area contributed by atoms with Gasteiger partial charge in [-0.15, -0.1) is 11.8 Å². The second-order valence-corrected chi connectivity index (χ2v) is 28.9. The molecule has 15 nitrogen and oxygen atoms in total. The van der Waals surface area contributed by atoms with E-state index in [2.05, 4.69) is 99.4 Å². The summed E-state index contributed by atoms with van der Waals surface area (Å²) in [5.74, 6) is -8.81. The molecule has 23 heteroatoms. The van der Waals surface area contributed by atoms with Crippen LogP contribution in [-0.2, 0) is 39.1 Å². The van der Waals surface area contributed by atoms with Crippen LogP contribution in [0.1, 0.15) is 135 Å². The molecule has 1 unspecified atom stereocenters. The number of nitrogens with zero attached hydrogens (tertiary/aromatic N) is 1. The molecule has 4 N–H and O–H groups in total. The molecule has 1 heterocycles. The summed E-state index contributed by atoms with van der Waals surface area (Å²) in [5, 5.41) is 17.3. The zero-order valence-electron chi connectivity index (χ0n) is 50.9. The Morgan fingerprint density at radius 2 is 1.28 bits per heavy atom. The van der Waals surface area contributed by atoms with E-state index in [4.69, 9.17) is 13.9 Å². The lowest BCUT2D eigenvalue weighted by molar-refractivity contribution is -0.404. The van der Waals surface area contributed by atoms with Gasteiger partial charge in [0.15, 0.2) is 23.3 Å². The molecule has 0 saturated carbocycles. The first-order chi connectivity index (χ1) is 41.4. The molecule has 1 aliphatic heterocycles. The third-order valence-corrected chi connectivity index (χ3v) is 19.8. The third-order valence-electron chi connectivity index (χ3n) is 14.3. The van der Waals surface area contributed by atoms with Crippen LogP contribution >= 0.6 is 23.5 Å². The summed E-state index contributed by atoms with van der Waals surface area (Å²) in [6.07, 6.45) is -2.34. The van der Waals surface area contributed by atoms with E-state index in [9.17, 15) is 36.3 Å². The van der Waals surface area contributed by atoms with Crippen LogP contribution in [0.5, 0.6) is 0 Å². The number of hydrogen-bond acceptors (Lipinski definition) is 14. The first kappa shape index (κ1) is 68.7. The predicted octanol–water partition coefficient (Wildman–Crippen LogP) is 13.6. The molecule has 7 rings (SSSR count). The number of carbonyl (C=O) groups excluding carboxylic acids is 3. The topological polar surface area (TPSA) is 223 Å². The largest absolute Gasteiger partial charge is 0.464 e. The van der Waals surface area contributed by atoms with Gasteiger partial charge in [0.1, 0.15) is 55.3 Å². The third kappa shape index (κ3) is 16.5. The minimum Gasteiger partial charge on any atom is -0.464 e. The summed E-state index contributed by atoms with van der Waals surface area (Å²) in [6.45, 7) is 21.0. The highest BCUT2D eigenvalue weighted by atomic mass is 32.3. The summed E-state index contributed by atoms with van der Waals surface area (Å²) in [5.41, 5.74) is 7.06. The number of anilines is 2. The number of nitrogens with one attached hydrogen (secondary N) is 3. The zero-order chi connectivity index (χ0) is 64.6. The second kappa shape index (κ2) is 29.3. The Hall–Kier alpha value is -6.76. The number of ketones is 1. The molecule has 0 radical (unpaired) electrons. The highest BCUT2D eigenvalue weighted by Crippen LogP contribution is 2.46. The van der Waals surface area contributed by atoms with E-state index in [-0.39, 0.29) is 83.3 Å². The molecule has 88 heavy (non-hydrogen) atoms. The molecule has 0 aromatic heterocycles. The van der Waals surface area contributed by atoms with Gasteiger partial charge in [-0.05, 0) is 59.1 Å². The summed E-state index contributed by atoms with van der Waals surface area (Å²) >= 11 is 1.43. The predicted molar refractivity (Wildman–Crippen MR) is 337 cm³/mol. The van der Waals surface area contributed by atoms with E-state index in [1.165, 1.54) is 30.0 Å². The fraction of sp³-hybridized carbons (Fsp3) is 0.385. The average molecular weight is 1290 g/mol. The summed E-state index contributed by atoms with van der Waals surface area (Å²) < 4.78 is 140. The average Bonchev–Trinajstić information content (AvgIpc) is 0.908. The number of Topliss-reactive ketones (excluding diaryl/α,β-unsaturated/α-hetero) is 1. The Kier molecular flexibility index (Phi) is 22.8. The lowest BCUT2D eigenvalue weighted by Crippen LogP contribution is -2.71. The number of carbonyl (C=O) groups is 3. The molecule has 2 aliphatic rings. The smallest absolute Gasteiger partial charge is 0.407 e. The van der Waals surface area contributed by atoms with Gasteiger partial charge >= 0.3 is 12.1 Å². The van der Waals surface area contributed by atoms with Crippen molar-refractivity contribution < 1.29 is 72.8 Å². The fourth-order valence-electron chi connectivity index (χ4n) is 9.70. The normalized spacial score (nSPS) is 12.9. The van der Waals surface area contributed by atoms with E-state index < -0.39 is 93.9 Å². The molecule has 0 saturated heterocycles. The Morgan fingerprint density at radius 1 is 0.693 bits per heavy atom. The number of halogens is 4. The number of esters is 1. The van der Waals surface area contributed by atoms with Crippen LogP contribution in [0, 0.1) is 28.7 Å². The maximum atomic E-state index is 16.0. The van der Waals surface area contributed by atoms with Gasteiger partial charge in [-0.1, -0.05) is 131 Å². The quantitative estimate of drug-likeness (QED) is 0.00989. The van der Waals surface area contributed by atoms with Gasteiger partial charge in [0.05, 0.1) is 34.9 Å². The maximum Gasteiger partial charge on any atom is 0.407 e. The number of ether oxygens (including phenoxy) is 2. The van der Waals surface area contributed by atoms with E-state index in [0.717, 1.165) is 39.7 Å². The van der Waals surface area contributed by atoms with Crippen molar-refractivity contribution in [2.24, 2.45) is 5.41 Å². The Labute approximate surface area is 520 Å². The van der Waals surface area contributed by atoms with Crippen molar-refractivity contribution in [3.8, 4) is 22.5 Å². The molecule has 0 bridgehead atoms. The van der Waals surface area contributed by atoms with Gasteiger partial charge in [-0.3, -0.25) is 9.59 Å². The lowest BCUT2D eigenvalue weighted by atomic mass is 9.89. The molecular weight excluding hydrogens is 1220 g/mol. The van der Waals surface area contributed by atoms with Crippen LogP contribution in [-0.4, -0.2) is 82.9 Å². The van der Waals surface area contributed by atoms with Gasteiger partial charge in [0, 0.05) is 85.8 Å². The van der Waals surface area contributed by atoms with Crippen LogP contribution in [0.4, 0.5) is 39.4 Å². The number of hydrogen-bond donors (Lipinski definition) is 4. The summed E-state index contributed by atoms with van der Waals surface area (Å²) in [4.78, 5) is 35.4. The second-order valence-electron chi connectivity index (χ2n) is 23.3. The van der Waals surface area contributed by atoms with Crippen molar-refractivity contribution in [3.05, 3.63) is 152 Å². The van der Waals surface area contributed by atoms with Gasteiger partial charge in [0.2, 0.25) is 11.0 Å². The standard InChI is InChI=1S/C65H73F4N4O11S4/c1-36(2)43-17-14-18-44(37(3)4)60(43)71-40-22-24-47-50(32-40)84-51-33-41(72-61-45(38(5)6)19-15-20-46(61)39(7)8)23-25-48(51)55(47)49-16-12-13-21-52(49)87(78,79)73-88(80,81)63-58(68)56(66)62(57(67)59(63)69)86-35-42(74)34-83-64(77)70-28-29-82-54(76)27-31-85-30-26-53(75)65(9,10)11/h12-25,32-33,36-39,42,74H,26-31,34-35H2,1-11H3,(H,70,77)(H,71,72)/q-1/p+1. The lowest BCUT2D eigenvalue weighted by Gasteiger charge is -2.25. The number of rotatable bonds is 26. The van der Waals surface area contributed by atoms with Gasteiger partial charge in [-0.2, -0.15) is 11.8 Å². The van der Waals surface area contributed by atoms with Crippen molar-refractivity contribution in [2.45, 2.75) is 133 Å². The molecule has 472 valence electrons. The molecule has 1 aliphatic carbocycles. The number of thioether (sulfide) groups is 2. The number of aliphatic hydroxyl groups excluding tert-OH is 1. The Bertz CT molecular complexity index is 3920. The van der Waals surface area contributed by atoms with Crippen LogP contribution < -0.4 is 21.0 Å². The number of sulfonamides is 2. The molecule has 5 aromatic carbocycles. The summed E-state index contributed by atoms with van der Waals surface area (Å²) in [7, 11) is -11.7. The Morgan fingerprint density at radius 3 is 1.89 bits per heavy atom. The number of aliphatic hydroxyl groups is 1. The molecule has 1 amide bonds. The molecule has 1 atom stereocenters. The number of benzene rings is 6. The number of amides is 1. The first-order valence-corrected chi connectivity index (χ1v) is 33.7. The van der Waals surface area contributed by atoms with Crippen LogP contribution in [0.15, 0.2) is 116 Å². The van der Waals surface area contributed by atoms with E-state index in [0.29, 0.717) is 39.9 Å². The van der Waals surface area contributed by atoms with E-state index in [1.54, 1.807) is 36.4 Å². The van der Waals surface area contributed by atoms with Gasteiger partial charge in [-0.25, -0.2) is 44.2 Å². The van der Waals surface area contributed by atoms with Crippen molar-refractivity contribution in [2.75, 3.05) is 42.3 Å². The highest BCUT2D eigenvalue weighted by molar-refractivity contribution is 8.12. The van der Waals surface area contributed by atoms with Gasteiger partial charge < -0.3 is 33.8 Å². The molecule has 5 aromatic rings. The first-order valence-electron chi connectivity index (χ1n) is 28.7. The Balaban J connectivity index is 1.14. The number of fused-ring (bicyclic) bond motifs is 2. The molecular formula is C65H74F4N4O11S4. The van der Waals surface area contributed by atoms with Gasteiger partial charge in [0.25, 0.3) is 0 Å². The van der Waals surface area contributed by atoms with Crippen molar-refractivity contribution >= 4 is 89.4 Å². The van der Waals surface area contributed by atoms with Crippen molar-refractivity contribution in [3.63, 3.8) is 0 Å². The zero-order valence-corrected chi connectivity index (χ0v) is 54.2. The molecule has 0 fully saturated rings. The SMILES string of the molecule is CC(C)c1cccc(C(C)C)c1Nc1ccc2c(-c3ccccc3S(=O)(=O)[N-]S(=O)(=O)c3c(F)c(F)c(SCC(O)COC(=O)NCCOC(=O)CCSCCC(=O)C(C)(C)C)c(F)c3F)c3ccc(=[NH+]c4c(C(C)C)cccc4C(C)C)cc-3oc2c1.